The normalized spacial score (nSPS) is 15.1. The highest BCUT2D eigenvalue weighted by atomic mass is 16.5. The van der Waals surface area contributed by atoms with E-state index in [0.717, 1.165) is 73.0 Å². The topological polar surface area (TPSA) is 57.4 Å². The van der Waals surface area contributed by atoms with Crippen LogP contribution in [0.5, 0.6) is 11.5 Å². The van der Waals surface area contributed by atoms with Crippen molar-refractivity contribution in [3.63, 3.8) is 0 Å². The molecule has 0 saturated carbocycles. The summed E-state index contributed by atoms with van der Waals surface area (Å²) < 4.78 is 6.88. The van der Waals surface area contributed by atoms with Crippen molar-refractivity contribution in [2.24, 2.45) is 4.99 Å². The fraction of sp³-hybridized carbons (Fsp3) is 0.0385. The van der Waals surface area contributed by atoms with Gasteiger partial charge in [0.2, 0.25) is 0 Å². The quantitative estimate of drug-likeness (QED) is 0.197. The van der Waals surface area contributed by atoms with Gasteiger partial charge in [-0.15, -0.1) is 0 Å². The molecule has 262 valence electrons. The predicted molar refractivity (Wildman–Crippen MR) is 224 cm³/mol. The Bertz CT molecular complexity index is 2910. The zero-order chi connectivity index (χ0) is 37.2. The molecule has 4 nitrogen and oxygen atoms in total. The SMILES string of the molecule is N#Cc1cccc(-c2cc(-c3ccc4c(c3)Oc3ccccc3C43c4ccccc4-c4ccccc43)cc(C3N=C(c4ccccc4)c4ccccc4N3)c2)c1. The molecular weight excluding hydrogens is 683 g/mol. The van der Waals surface area contributed by atoms with Crippen LogP contribution >= 0.6 is 0 Å². The second-order valence-corrected chi connectivity index (χ2v) is 14.6. The summed E-state index contributed by atoms with van der Waals surface area (Å²) in [5, 5.41) is 13.6. The molecule has 3 aliphatic rings. The van der Waals surface area contributed by atoms with Crippen molar-refractivity contribution in [1.29, 1.82) is 5.26 Å². The van der Waals surface area contributed by atoms with Crippen molar-refractivity contribution < 1.29 is 4.74 Å². The lowest BCUT2D eigenvalue weighted by molar-refractivity contribution is 0.436. The first-order valence-corrected chi connectivity index (χ1v) is 19.0. The molecule has 0 amide bonds. The second-order valence-electron chi connectivity index (χ2n) is 14.6. The predicted octanol–water partition coefficient (Wildman–Crippen LogP) is 12.3. The first-order chi connectivity index (χ1) is 27.7. The number of fused-ring (bicyclic) bond motifs is 10. The lowest BCUT2D eigenvalue weighted by Gasteiger charge is -2.39. The summed E-state index contributed by atoms with van der Waals surface area (Å²) in [7, 11) is 0. The standard InChI is InChI=1S/C52H33N3O/c53-32-33-13-12-16-35(27-33)37-28-38(30-39(29-37)51-54-47-23-10-6-19-42(47)50(55-51)34-14-2-1-3-15-34)36-25-26-46-49(31-36)56-48-24-11-9-22-45(48)52(46)43-20-7-4-17-40(43)41-18-5-8-21-44(41)52/h1-31,51,54H. The van der Waals surface area contributed by atoms with E-state index in [0.29, 0.717) is 5.56 Å². The first-order valence-electron chi connectivity index (χ1n) is 19.0. The van der Waals surface area contributed by atoms with Gasteiger partial charge >= 0.3 is 0 Å². The van der Waals surface area contributed by atoms with E-state index in [-0.39, 0.29) is 6.17 Å². The minimum Gasteiger partial charge on any atom is -0.457 e. The van der Waals surface area contributed by atoms with E-state index in [9.17, 15) is 5.26 Å². The Morgan fingerprint density at radius 1 is 0.482 bits per heavy atom. The molecule has 1 atom stereocenters. The molecule has 1 aliphatic carbocycles. The lowest BCUT2D eigenvalue weighted by Crippen LogP contribution is -2.32. The maximum absolute atomic E-state index is 9.83. The van der Waals surface area contributed by atoms with Crippen LogP contribution in [0.4, 0.5) is 5.69 Å². The fourth-order valence-electron chi connectivity index (χ4n) is 9.13. The van der Waals surface area contributed by atoms with Crippen LogP contribution < -0.4 is 10.1 Å². The van der Waals surface area contributed by atoms with Crippen LogP contribution in [0, 0.1) is 11.3 Å². The third-order valence-corrected chi connectivity index (χ3v) is 11.6. The highest BCUT2D eigenvalue weighted by molar-refractivity contribution is 6.17. The number of nitrogens with one attached hydrogen (secondary N) is 1. The van der Waals surface area contributed by atoms with Crippen molar-refractivity contribution in [3.8, 4) is 50.9 Å². The van der Waals surface area contributed by atoms with E-state index in [4.69, 9.17) is 9.73 Å². The Balaban J connectivity index is 1.11. The molecule has 0 saturated heterocycles. The number of nitriles is 1. The summed E-state index contributed by atoms with van der Waals surface area (Å²) in [4.78, 5) is 5.38. The van der Waals surface area contributed by atoms with Crippen LogP contribution in [0.2, 0.25) is 0 Å². The van der Waals surface area contributed by atoms with Crippen molar-refractivity contribution in [2.75, 3.05) is 5.32 Å². The van der Waals surface area contributed by atoms with Gasteiger partial charge in [-0.05, 0) is 98.6 Å². The number of benzene rings is 8. The highest BCUT2D eigenvalue weighted by Crippen LogP contribution is 2.62. The lowest BCUT2D eigenvalue weighted by atomic mass is 9.66. The summed E-state index contributed by atoms with van der Waals surface area (Å²) in [5.74, 6) is 1.69. The first kappa shape index (κ1) is 32.0. The molecule has 0 aromatic heterocycles. The van der Waals surface area contributed by atoms with Crippen molar-refractivity contribution >= 4 is 11.4 Å². The number of nitrogens with zero attached hydrogens (tertiary/aromatic N) is 2. The van der Waals surface area contributed by atoms with Gasteiger partial charge in [0.25, 0.3) is 0 Å². The molecule has 11 rings (SSSR count). The Morgan fingerprint density at radius 3 is 1.84 bits per heavy atom. The largest absolute Gasteiger partial charge is 0.457 e. The van der Waals surface area contributed by atoms with Gasteiger partial charge < -0.3 is 10.1 Å². The third-order valence-electron chi connectivity index (χ3n) is 11.6. The molecule has 2 heterocycles. The van der Waals surface area contributed by atoms with Gasteiger partial charge in [0.15, 0.2) is 0 Å². The fourth-order valence-corrected chi connectivity index (χ4v) is 9.13. The van der Waals surface area contributed by atoms with E-state index >= 15 is 0 Å². The average Bonchev–Trinajstić information content (AvgIpc) is 3.56. The highest BCUT2D eigenvalue weighted by Gasteiger charge is 2.50. The molecular formula is C52H33N3O. The van der Waals surface area contributed by atoms with Crippen LogP contribution in [0.3, 0.4) is 0 Å². The maximum Gasteiger partial charge on any atom is 0.145 e. The molecule has 0 fully saturated rings. The molecule has 1 unspecified atom stereocenters. The Kier molecular flexibility index (Phi) is 7.17. The molecule has 4 heteroatoms. The van der Waals surface area contributed by atoms with E-state index in [1.165, 1.54) is 22.3 Å². The van der Waals surface area contributed by atoms with Crippen LogP contribution in [-0.2, 0) is 5.41 Å². The van der Waals surface area contributed by atoms with E-state index < -0.39 is 5.41 Å². The molecule has 1 N–H and O–H groups in total. The molecule has 56 heavy (non-hydrogen) atoms. The number of anilines is 1. The summed E-state index contributed by atoms with van der Waals surface area (Å²) >= 11 is 0. The number of aliphatic imine (C=N–C) groups is 1. The average molecular weight is 716 g/mol. The second kappa shape index (κ2) is 12.6. The van der Waals surface area contributed by atoms with Crippen LogP contribution in [0.25, 0.3) is 33.4 Å². The van der Waals surface area contributed by atoms with E-state index in [1.54, 1.807) is 0 Å². The zero-order valence-electron chi connectivity index (χ0n) is 30.3. The monoisotopic (exact) mass is 715 g/mol. The van der Waals surface area contributed by atoms with Crippen molar-refractivity contribution in [3.05, 3.63) is 233 Å². The van der Waals surface area contributed by atoms with Crippen LogP contribution in [0.1, 0.15) is 50.7 Å². The van der Waals surface area contributed by atoms with Gasteiger partial charge in [-0.3, -0.25) is 4.99 Å². The van der Waals surface area contributed by atoms with Gasteiger partial charge in [-0.25, -0.2) is 0 Å². The number of ether oxygens (including phenoxy) is 1. The molecule has 8 aromatic carbocycles. The molecule has 1 spiro atoms. The molecule has 0 bridgehead atoms. The summed E-state index contributed by atoms with van der Waals surface area (Å²) in [5.41, 5.74) is 16.6. The number of hydrogen-bond acceptors (Lipinski definition) is 4. The van der Waals surface area contributed by atoms with Crippen molar-refractivity contribution in [2.45, 2.75) is 11.6 Å². The van der Waals surface area contributed by atoms with Gasteiger partial charge in [0.05, 0.1) is 22.8 Å². The van der Waals surface area contributed by atoms with Crippen LogP contribution in [0.15, 0.2) is 193 Å². The Labute approximate surface area is 325 Å². The summed E-state index contributed by atoms with van der Waals surface area (Å²) in [6.45, 7) is 0. The van der Waals surface area contributed by atoms with Gasteiger partial charge in [0, 0.05) is 27.9 Å². The van der Waals surface area contributed by atoms with E-state index in [1.807, 2.05) is 24.3 Å². The van der Waals surface area contributed by atoms with Crippen molar-refractivity contribution in [1.82, 2.24) is 0 Å². The third kappa shape index (κ3) is 4.81. The van der Waals surface area contributed by atoms with Gasteiger partial charge in [-0.1, -0.05) is 140 Å². The Hall–Kier alpha value is -7.48. The minimum atomic E-state index is -0.525. The summed E-state index contributed by atoms with van der Waals surface area (Å²) in [6.07, 6.45) is -0.353. The number of rotatable bonds is 4. The van der Waals surface area contributed by atoms with Gasteiger partial charge in [-0.2, -0.15) is 5.26 Å². The smallest absolute Gasteiger partial charge is 0.145 e. The van der Waals surface area contributed by atoms with Gasteiger partial charge in [0.1, 0.15) is 17.7 Å². The summed E-state index contributed by atoms with van der Waals surface area (Å²) in [6, 6.07) is 68.3. The number of para-hydroxylation sites is 2. The minimum absolute atomic E-state index is 0.353. The number of hydrogen-bond donors (Lipinski definition) is 1. The Morgan fingerprint density at radius 2 is 1.09 bits per heavy atom. The maximum atomic E-state index is 9.83. The molecule has 0 radical (unpaired) electrons. The van der Waals surface area contributed by atoms with Crippen LogP contribution in [-0.4, -0.2) is 5.71 Å². The molecule has 8 aromatic rings. The molecule has 2 aliphatic heterocycles. The zero-order valence-corrected chi connectivity index (χ0v) is 30.3. The van der Waals surface area contributed by atoms with E-state index in [2.05, 4.69) is 175 Å².